The number of nitrogens with zero attached hydrogens (tertiary/aromatic N) is 1. The summed E-state index contributed by atoms with van der Waals surface area (Å²) in [5, 5.41) is 0.0610. The molecule has 15 heavy (non-hydrogen) atoms. The van der Waals surface area contributed by atoms with Crippen LogP contribution in [0.15, 0.2) is 10.6 Å². The highest BCUT2D eigenvalue weighted by Gasteiger charge is 2.19. The van der Waals surface area contributed by atoms with Gasteiger partial charge in [-0.25, -0.2) is 0 Å². The van der Waals surface area contributed by atoms with E-state index in [-0.39, 0.29) is 21.8 Å². The fourth-order valence-electron chi connectivity index (χ4n) is 1.27. The molecule has 0 spiro atoms. The van der Waals surface area contributed by atoms with Crippen LogP contribution >= 0.6 is 35.0 Å². The van der Waals surface area contributed by atoms with Gasteiger partial charge in [-0.3, -0.25) is 4.79 Å². The number of hydrogen-bond acceptors (Lipinski definition) is 2. The lowest BCUT2D eigenvalue weighted by Gasteiger charge is -2.30. The number of carbonyl (C=O) groups excluding carboxylic acids is 1. The van der Waals surface area contributed by atoms with Gasteiger partial charge in [-0.05, 0) is 33.8 Å². The number of rotatable bonds is 4. The molecule has 5 heteroatoms. The normalized spacial score (nSPS) is 10.7. The Hall–Kier alpha value is 0.140. The molecule has 0 aliphatic heterocycles. The van der Waals surface area contributed by atoms with E-state index in [1.807, 2.05) is 32.6 Å². The van der Waals surface area contributed by atoms with Gasteiger partial charge in [-0.15, -0.1) is 0 Å². The maximum Gasteiger partial charge on any atom is 0.282 e. The molecule has 0 bridgehead atoms. The quantitative estimate of drug-likeness (QED) is 0.760. The van der Waals surface area contributed by atoms with Gasteiger partial charge in [-0.1, -0.05) is 35.0 Å². The summed E-state index contributed by atoms with van der Waals surface area (Å²) >= 11 is 12.1. The molecule has 0 unspecified atom stereocenters. The van der Waals surface area contributed by atoms with Gasteiger partial charge < -0.3 is 4.90 Å². The van der Waals surface area contributed by atoms with E-state index >= 15 is 0 Å². The third-order valence-corrected chi connectivity index (χ3v) is 2.87. The molecule has 0 aromatic rings. The first kappa shape index (κ1) is 15.1. The van der Waals surface area contributed by atoms with Crippen LogP contribution in [0.5, 0.6) is 0 Å². The van der Waals surface area contributed by atoms with Crippen molar-refractivity contribution in [2.75, 3.05) is 5.75 Å². The number of halogens is 2. The van der Waals surface area contributed by atoms with Gasteiger partial charge in [-0.2, -0.15) is 0 Å². The molecule has 0 saturated carbocycles. The molecule has 0 aliphatic carbocycles. The van der Waals surface area contributed by atoms with Crippen LogP contribution < -0.4 is 0 Å². The zero-order valence-electron chi connectivity index (χ0n) is 9.46. The fraction of sp³-hybridized carbons (Fsp3) is 0.700. The standard InChI is InChI=1S/C10H17Cl2NOS/c1-7(2)13(8(3)4)10(14)15-6-5-9(11)12/h5,7-8H,6H2,1-4H3. The molecule has 0 atom stereocenters. The van der Waals surface area contributed by atoms with Gasteiger partial charge in [0, 0.05) is 17.8 Å². The Labute approximate surface area is 106 Å². The number of carbonyl (C=O) groups is 1. The van der Waals surface area contributed by atoms with E-state index in [2.05, 4.69) is 0 Å². The Balaban J connectivity index is 4.22. The molecule has 0 heterocycles. The summed E-state index contributed by atoms with van der Waals surface area (Å²) in [5.74, 6) is 0.511. The van der Waals surface area contributed by atoms with E-state index in [1.54, 1.807) is 6.08 Å². The number of amides is 1. The lowest BCUT2D eigenvalue weighted by Crippen LogP contribution is -2.39. The van der Waals surface area contributed by atoms with Crippen molar-refractivity contribution in [2.24, 2.45) is 0 Å². The maximum absolute atomic E-state index is 11.8. The maximum atomic E-state index is 11.8. The van der Waals surface area contributed by atoms with Gasteiger partial charge in [0.15, 0.2) is 0 Å². The van der Waals surface area contributed by atoms with E-state index in [9.17, 15) is 4.79 Å². The summed E-state index contributed by atoms with van der Waals surface area (Å²) < 4.78 is 0.205. The highest BCUT2D eigenvalue weighted by atomic mass is 35.5. The summed E-state index contributed by atoms with van der Waals surface area (Å²) in [6.45, 7) is 8.01. The molecule has 1 amide bonds. The van der Waals surface area contributed by atoms with Crippen LogP contribution in [0.25, 0.3) is 0 Å². The summed E-state index contributed by atoms with van der Waals surface area (Å²) in [5.41, 5.74) is 0. The number of thioether (sulfide) groups is 1. The van der Waals surface area contributed by atoms with Crippen molar-refractivity contribution in [1.82, 2.24) is 4.90 Å². The van der Waals surface area contributed by atoms with Crippen LogP contribution in [0.4, 0.5) is 4.79 Å². The summed E-state index contributed by atoms with van der Waals surface area (Å²) in [4.78, 5) is 13.6. The first-order valence-electron chi connectivity index (χ1n) is 4.82. The van der Waals surface area contributed by atoms with Crippen LogP contribution in [-0.4, -0.2) is 28.0 Å². The van der Waals surface area contributed by atoms with E-state index in [0.717, 1.165) is 0 Å². The minimum absolute atomic E-state index is 0.0610. The topological polar surface area (TPSA) is 20.3 Å². The van der Waals surface area contributed by atoms with Crippen LogP contribution in [0.2, 0.25) is 0 Å². The molecule has 0 rings (SSSR count). The molecule has 0 aromatic carbocycles. The molecule has 88 valence electrons. The Kier molecular flexibility index (Phi) is 7.49. The third-order valence-electron chi connectivity index (χ3n) is 1.77. The van der Waals surface area contributed by atoms with E-state index in [4.69, 9.17) is 23.2 Å². The van der Waals surface area contributed by atoms with Crippen molar-refractivity contribution in [1.29, 1.82) is 0 Å². The van der Waals surface area contributed by atoms with Crippen molar-refractivity contribution in [3.63, 3.8) is 0 Å². The van der Waals surface area contributed by atoms with E-state index < -0.39 is 0 Å². The van der Waals surface area contributed by atoms with Crippen molar-refractivity contribution < 1.29 is 4.79 Å². The summed E-state index contributed by atoms with van der Waals surface area (Å²) in [7, 11) is 0. The Morgan fingerprint density at radius 3 is 2.07 bits per heavy atom. The molecule has 0 N–H and O–H groups in total. The summed E-state index contributed by atoms with van der Waals surface area (Å²) in [6, 6.07) is 0.418. The third kappa shape index (κ3) is 6.33. The molecule has 0 aromatic heterocycles. The van der Waals surface area contributed by atoms with Gasteiger partial charge in [0.05, 0.1) is 0 Å². The molecule has 0 fully saturated rings. The zero-order chi connectivity index (χ0) is 12.0. The van der Waals surface area contributed by atoms with Crippen LogP contribution in [0.3, 0.4) is 0 Å². The van der Waals surface area contributed by atoms with Gasteiger partial charge in [0.1, 0.15) is 4.49 Å². The first-order valence-corrected chi connectivity index (χ1v) is 6.56. The largest absolute Gasteiger partial charge is 0.329 e. The minimum Gasteiger partial charge on any atom is -0.329 e. The molecular weight excluding hydrogens is 253 g/mol. The second-order valence-electron chi connectivity index (χ2n) is 3.67. The van der Waals surface area contributed by atoms with Crippen molar-refractivity contribution in [3.05, 3.63) is 10.6 Å². The van der Waals surface area contributed by atoms with E-state index in [0.29, 0.717) is 5.75 Å². The molecule has 0 saturated heterocycles. The molecule has 0 aliphatic rings. The van der Waals surface area contributed by atoms with Crippen LogP contribution in [-0.2, 0) is 0 Å². The lowest BCUT2D eigenvalue weighted by atomic mass is 10.2. The Bertz CT molecular complexity index is 230. The highest BCUT2D eigenvalue weighted by molar-refractivity contribution is 8.13. The fourth-order valence-corrected chi connectivity index (χ4v) is 2.57. The molecule has 2 nitrogen and oxygen atoms in total. The Morgan fingerprint density at radius 2 is 1.73 bits per heavy atom. The van der Waals surface area contributed by atoms with Gasteiger partial charge >= 0.3 is 0 Å². The van der Waals surface area contributed by atoms with Crippen molar-refractivity contribution in [3.8, 4) is 0 Å². The smallest absolute Gasteiger partial charge is 0.282 e. The molecule has 0 radical (unpaired) electrons. The zero-order valence-corrected chi connectivity index (χ0v) is 11.8. The minimum atomic E-state index is 0.0610. The average Bonchev–Trinajstić information content (AvgIpc) is 2.01. The number of hydrogen-bond donors (Lipinski definition) is 0. The predicted octanol–water partition coefficient (Wildman–Crippen LogP) is 4.28. The monoisotopic (exact) mass is 269 g/mol. The highest BCUT2D eigenvalue weighted by Crippen LogP contribution is 2.17. The van der Waals surface area contributed by atoms with Crippen LogP contribution in [0.1, 0.15) is 27.7 Å². The average molecular weight is 270 g/mol. The predicted molar refractivity (Wildman–Crippen MR) is 69.8 cm³/mol. The molecular formula is C10H17Cl2NOS. The first-order chi connectivity index (χ1) is 6.86. The van der Waals surface area contributed by atoms with Crippen molar-refractivity contribution in [2.45, 2.75) is 39.8 Å². The van der Waals surface area contributed by atoms with Crippen molar-refractivity contribution >= 4 is 40.2 Å². The second-order valence-corrected chi connectivity index (χ2v) is 5.64. The Morgan fingerprint density at radius 1 is 1.27 bits per heavy atom. The van der Waals surface area contributed by atoms with E-state index in [1.165, 1.54) is 11.8 Å². The summed E-state index contributed by atoms with van der Waals surface area (Å²) in [6.07, 6.45) is 1.62. The van der Waals surface area contributed by atoms with Gasteiger partial charge in [0.25, 0.3) is 5.24 Å². The van der Waals surface area contributed by atoms with Crippen LogP contribution in [0, 0.1) is 0 Å². The second kappa shape index (κ2) is 7.42. The lowest BCUT2D eigenvalue weighted by molar-refractivity contribution is 0.190. The SMILES string of the molecule is CC(C)N(C(=O)SCC=C(Cl)Cl)C(C)C. The van der Waals surface area contributed by atoms with Gasteiger partial charge in [0.2, 0.25) is 0 Å².